The van der Waals surface area contributed by atoms with Crippen LogP contribution < -0.4 is 20.7 Å². The van der Waals surface area contributed by atoms with Crippen LogP contribution in [0.4, 0.5) is 4.79 Å². The third-order valence-corrected chi connectivity index (χ3v) is 3.86. The lowest BCUT2D eigenvalue weighted by molar-refractivity contribution is 0.0529. The molecule has 152 valence electrons. The number of hydrogen-bond donors (Lipinski definition) is 3. The van der Waals surface area contributed by atoms with Crippen LogP contribution in [0.5, 0.6) is 5.75 Å². The molecule has 0 heterocycles. The fraction of sp³-hybridized carbons (Fsp3) is 0.600. The van der Waals surface area contributed by atoms with Gasteiger partial charge in [-0.25, -0.2) is 4.79 Å². The molecule has 3 N–H and O–H groups in total. The van der Waals surface area contributed by atoms with Gasteiger partial charge in [-0.05, 0) is 50.8 Å². The van der Waals surface area contributed by atoms with E-state index in [1.165, 1.54) is 5.56 Å². The smallest absolute Gasteiger partial charge is 0.407 e. The second kappa shape index (κ2) is 11.3. The van der Waals surface area contributed by atoms with E-state index in [0.29, 0.717) is 25.0 Å². The van der Waals surface area contributed by atoms with Gasteiger partial charge in [-0.3, -0.25) is 4.99 Å². The third-order valence-electron chi connectivity index (χ3n) is 3.86. The maximum Gasteiger partial charge on any atom is 0.407 e. The zero-order chi connectivity index (χ0) is 20.3. The molecule has 0 saturated carbocycles. The molecule has 1 unspecified atom stereocenters. The highest BCUT2D eigenvalue weighted by Crippen LogP contribution is 2.21. The molecule has 0 fully saturated rings. The van der Waals surface area contributed by atoms with Gasteiger partial charge < -0.3 is 25.4 Å². The van der Waals surface area contributed by atoms with Gasteiger partial charge in [0.05, 0.1) is 7.11 Å². The molecule has 27 heavy (non-hydrogen) atoms. The fourth-order valence-corrected chi connectivity index (χ4v) is 2.39. The molecule has 1 aromatic carbocycles. The normalized spacial score (nSPS) is 12.9. The van der Waals surface area contributed by atoms with Gasteiger partial charge >= 0.3 is 6.09 Å². The Hall–Kier alpha value is -2.44. The Labute approximate surface area is 162 Å². The van der Waals surface area contributed by atoms with Gasteiger partial charge in [0.15, 0.2) is 5.96 Å². The van der Waals surface area contributed by atoms with Crippen LogP contribution in [-0.2, 0) is 4.74 Å². The van der Waals surface area contributed by atoms with Gasteiger partial charge in [0.25, 0.3) is 0 Å². The highest BCUT2D eigenvalue weighted by molar-refractivity contribution is 5.79. The van der Waals surface area contributed by atoms with E-state index in [1.807, 2.05) is 32.9 Å². The first kappa shape index (κ1) is 22.6. The molecule has 1 rings (SSSR count). The van der Waals surface area contributed by atoms with Crippen LogP contribution in [0.1, 0.15) is 45.6 Å². The van der Waals surface area contributed by atoms with E-state index in [-0.39, 0.29) is 0 Å². The topological polar surface area (TPSA) is 84.0 Å². The van der Waals surface area contributed by atoms with E-state index >= 15 is 0 Å². The number of carbonyl (C=O) groups is 1. The second-order valence-electron chi connectivity index (χ2n) is 7.32. The van der Waals surface area contributed by atoms with Crippen molar-refractivity contribution in [3.05, 3.63) is 29.8 Å². The maximum absolute atomic E-state index is 11.6. The van der Waals surface area contributed by atoms with Crippen molar-refractivity contribution in [2.45, 2.75) is 45.6 Å². The Bertz CT molecular complexity index is 594. The number of aliphatic imine (C=N–C) groups is 1. The summed E-state index contributed by atoms with van der Waals surface area (Å²) in [6.45, 7) is 9.53. The van der Waals surface area contributed by atoms with Crippen molar-refractivity contribution in [2.75, 3.05) is 33.8 Å². The lowest BCUT2D eigenvalue weighted by atomic mass is 9.98. The first-order valence-corrected chi connectivity index (χ1v) is 9.30. The van der Waals surface area contributed by atoms with Crippen molar-refractivity contribution < 1.29 is 14.3 Å². The first-order valence-electron chi connectivity index (χ1n) is 9.30. The summed E-state index contributed by atoms with van der Waals surface area (Å²) in [5.41, 5.74) is 0.789. The molecule has 0 radical (unpaired) electrons. The molecular formula is C20H34N4O3. The molecule has 0 aliphatic rings. The lowest BCUT2D eigenvalue weighted by Crippen LogP contribution is -2.42. The summed E-state index contributed by atoms with van der Waals surface area (Å²) < 4.78 is 10.4. The number of ether oxygens (including phenoxy) is 2. The Morgan fingerprint density at radius 3 is 2.22 bits per heavy atom. The average Bonchev–Trinajstić information content (AvgIpc) is 2.62. The SMILES string of the molecule is CN=C(NCCNC(=O)OC(C)(C)C)NCCC(C)c1ccc(OC)cc1. The molecule has 0 spiro atoms. The van der Waals surface area contributed by atoms with Gasteiger partial charge in [-0.1, -0.05) is 19.1 Å². The van der Waals surface area contributed by atoms with Crippen LogP contribution in [0.3, 0.4) is 0 Å². The molecule has 1 amide bonds. The Kier molecular flexibility index (Phi) is 9.47. The number of nitrogens with one attached hydrogen (secondary N) is 3. The summed E-state index contributed by atoms with van der Waals surface area (Å²) in [6, 6.07) is 8.16. The molecule has 1 atom stereocenters. The predicted octanol–water partition coefficient (Wildman–Crippen LogP) is 2.88. The van der Waals surface area contributed by atoms with Crippen molar-refractivity contribution in [3.8, 4) is 5.75 Å². The summed E-state index contributed by atoms with van der Waals surface area (Å²) in [7, 11) is 3.40. The molecule has 0 bridgehead atoms. The summed E-state index contributed by atoms with van der Waals surface area (Å²) >= 11 is 0. The quantitative estimate of drug-likeness (QED) is 0.368. The Morgan fingerprint density at radius 2 is 1.67 bits per heavy atom. The number of methoxy groups -OCH3 is 1. The highest BCUT2D eigenvalue weighted by atomic mass is 16.6. The van der Waals surface area contributed by atoms with Crippen LogP contribution >= 0.6 is 0 Å². The second-order valence-corrected chi connectivity index (χ2v) is 7.32. The van der Waals surface area contributed by atoms with Crippen LogP contribution in [0.25, 0.3) is 0 Å². The van der Waals surface area contributed by atoms with E-state index in [1.54, 1.807) is 14.2 Å². The minimum Gasteiger partial charge on any atom is -0.497 e. The number of amides is 1. The van der Waals surface area contributed by atoms with Crippen LogP contribution in [0, 0.1) is 0 Å². The van der Waals surface area contributed by atoms with Gasteiger partial charge in [-0.15, -0.1) is 0 Å². The fourth-order valence-electron chi connectivity index (χ4n) is 2.39. The predicted molar refractivity (Wildman–Crippen MR) is 110 cm³/mol. The minimum atomic E-state index is -0.490. The van der Waals surface area contributed by atoms with Gasteiger partial charge in [0, 0.05) is 26.7 Å². The maximum atomic E-state index is 11.6. The number of carbonyl (C=O) groups excluding carboxylic acids is 1. The number of nitrogens with zero attached hydrogens (tertiary/aromatic N) is 1. The number of alkyl carbamates (subject to hydrolysis) is 1. The monoisotopic (exact) mass is 378 g/mol. The van der Waals surface area contributed by atoms with Crippen LogP contribution in [0.2, 0.25) is 0 Å². The first-order chi connectivity index (χ1) is 12.7. The van der Waals surface area contributed by atoms with E-state index in [9.17, 15) is 4.79 Å². The molecule has 7 nitrogen and oxygen atoms in total. The molecule has 0 aromatic heterocycles. The van der Waals surface area contributed by atoms with Crippen LogP contribution in [0.15, 0.2) is 29.3 Å². The summed E-state index contributed by atoms with van der Waals surface area (Å²) in [6.07, 6.45) is 0.559. The summed E-state index contributed by atoms with van der Waals surface area (Å²) in [5.74, 6) is 2.01. The highest BCUT2D eigenvalue weighted by Gasteiger charge is 2.15. The van der Waals surface area contributed by atoms with Crippen molar-refractivity contribution in [1.29, 1.82) is 0 Å². The Morgan fingerprint density at radius 1 is 1.07 bits per heavy atom. The van der Waals surface area contributed by atoms with E-state index in [4.69, 9.17) is 9.47 Å². The zero-order valence-electron chi connectivity index (χ0n) is 17.4. The van der Waals surface area contributed by atoms with Crippen LogP contribution in [-0.4, -0.2) is 51.4 Å². The van der Waals surface area contributed by atoms with Crippen molar-refractivity contribution in [3.63, 3.8) is 0 Å². The summed E-state index contributed by atoms with van der Waals surface area (Å²) in [4.78, 5) is 15.8. The van der Waals surface area contributed by atoms with Gasteiger partial charge in [0.2, 0.25) is 0 Å². The molecule has 0 aliphatic heterocycles. The average molecular weight is 379 g/mol. The standard InChI is InChI=1S/C20H34N4O3/c1-15(16-7-9-17(26-6)10-8-16)11-12-22-18(21-5)23-13-14-24-19(25)27-20(2,3)4/h7-10,15H,11-14H2,1-6H3,(H,24,25)(H2,21,22,23). The molecular weight excluding hydrogens is 344 g/mol. The summed E-state index contributed by atoms with van der Waals surface area (Å²) in [5, 5.41) is 9.16. The van der Waals surface area contributed by atoms with Gasteiger partial charge in [-0.2, -0.15) is 0 Å². The lowest BCUT2D eigenvalue weighted by Gasteiger charge is -2.20. The number of guanidine groups is 1. The van der Waals surface area contributed by atoms with Crippen molar-refractivity contribution in [1.82, 2.24) is 16.0 Å². The minimum absolute atomic E-state index is 0.416. The molecule has 1 aromatic rings. The molecule has 0 aliphatic carbocycles. The van der Waals surface area contributed by atoms with Crippen molar-refractivity contribution in [2.24, 2.45) is 4.99 Å². The largest absolute Gasteiger partial charge is 0.497 e. The number of rotatable bonds is 8. The molecule has 0 saturated heterocycles. The van der Waals surface area contributed by atoms with E-state index in [2.05, 4.69) is 40.0 Å². The Balaban J connectivity index is 2.24. The zero-order valence-corrected chi connectivity index (χ0v) is 17.4. The molecule has 7 heteroatoms. The van der Waals surface area contributed by atoms with Gasteiger partial charge in [0.1, 0.15) is 11.4 Å². The third kappa shape index (κ3) is 9.72. The number of benzene rings is 1. The van der Waals surface area contributed by atoms with E-state index < -0.39 is 11.7 Å². The number of hydrogen-bond acceptors (Lipinski definition) is 4. The van der Waals surface area contributed by atoms with Crippen molar-refractivity contribution >= 4 is 12.1 Å². The van der Waals surface area contributed by atoms with E-state index in [0.717, 1.165) is 18.7 Å².